The molecule has 2 aromatic heterocycles. The number of rotatable bonds is 7. The van der Waals surface area contributed by atoms with Crippen molar-refractivity contribution in [3.63, 3.8) is 0 Å². The number of nitrogens with zero attached hydrogens (tertiary/aromatic N) is 5. The third-order valence-electron chi connectivity index (χ3n) is 5.55. The summed E-state index contributed by atoms with van der Waals surface area (Å²) in [6.07, 6.45) is 0.854. The first kappa shape index (κ1) is 21.5. The zero-order valence-electron chi connectivity index (χ0n) is 18.9. The first-order valence-electron chi connectivity index (χ1n) is 11.2. The third-order valence-corrected chi connectivity index (χ3v) is 6.34. The molecule has 0 bridgehead atoms. The van der Waals surface area contributed by atoms with Gasteiger partial charge in [0.15, 0.2) is 0 Å². The Hall–Kier alpha value is -3.30. The zero-order valence-corrected chi connectivity index (χ0v) is 19.7. The van der Waals surface area contributed by atoms with Crippen LogP contribution in [0.5, 0.6) is 0 Å². The minimum absolute atomic E-state index is 0.234. The molecule has 1 aliphatic rings. The summed E-state index contributed by atoms with van der Waals surface area (Å²) in [5.74, 6) is 1.78. The summed E-state index contributed by atoms with van der Waals surface area (Å²) >= 11 is 1.62. The van der Waals surface area contributed by atoms with Gasteiger partial charge >= 0.3 is 0 Å². The highest BCUT2D eigenvalue weighted by Gasteiger charge is 2.22. The van der Waals surface area contributed by atoms with E-state index in [2.05, 4.69) is 70.0 Å². The van der Waals surface area contributed by atoms with Crippen molar-refractivity contribution in [1.29, 1.82) is 0 Å². The molecule has 5 rings (SSSR count). The summed E-state index contributed by atoms with van der Waals surface area (Å²) < 4.78 is 1.12. The van der Waals surface area contributed by atoms with Crippen LogP contribution in [0, 0.1) is 0 Å². The molecule has 170 valence electrons. The Morgan fingerprint density at radius 3 is 2.61 bits per heavy atom. The summed E-state index contributed by atoms with van der Waals surface area (Å²) in [5, 5.41) is 10.3. The van der Waals surface area contributed by atoms with Gasteiger partial charge in [0, 0.05) is 37.4 Å². The smallest absolute Gasteiger partial charge is 0.233 e. The number of fused-ring (bicyclic) bond motifs is 1. The van der Waals surface area contributed by atoms with Gasteiger partial charge in [-0.2, -0.15) is 15.0 Å². The quantitative estimate of drug-likeness (QED) is 0.380. The summed E-state index contributed by atoms with van der Waals surface area (Å²) in [6.45, 7) is 7.89. The van der Waals surface area contributed by atoms with Gasteiger partial charge in [-0.3, -0.25) is 0 Å². The van der Waals surface area contributed by atoms with Crippen molar-refractivity contribution in [3.8, 4) is 0 Å². The number of benzene rings is 2. The van der Waals surface area contributed by atoms with Crippen molar-refractivity contribution < 1.29 is 0 Å². The molecular formula is C24H28N8S. The Bertz CT molecular complexity index is 1220. The van der Waals surface area contributed by atoms with Crippen LogP contribution in [0.3, 0.4) is 0 Å². The van der Waals surface area contributed by atoms with Crippen LogP contribution in [0.2, 0.25) is 0 Å². The average Bonchev–Trinajstić information content (AvgIpc) is 3.27. The van der Waals surface area contributed by atoms with Gasteiger partial charge < -0.3 is 20.9 Å². The molecule has 0 radical (unpaired) electrons. The van der Waals surface area contributed by atoms with E-state index in [1.807, 2.05) is 23.7 Å². The predicted molar refractivity (Wildman–Crippen MR) is 136 cm³/mol. The number of thiazole rings is 1. The van der Waals surface area contributed by atoms with Crippen LogP contribution in [0.1, 0.15) is 19.4 Å². The monoisotopic (exact) mass is 460 g/mol. The molecule has 0 aliphatic carbocycles. The Balaban J connectivity index is 1.43. The van der Waals surface area contributed by atoms with Crippen molar-refractivity contribution >= 4 is 45.1 Å². The molecule has 1 saturated heterocycles. The molecule has 3 heterocycles. The summed E-state index contributed by atoms with van der Waals surface area (Å²) in [5.41, 5.74) is 4.81. The van der Waals surface area contributed by atoms with Gasteiger partial charge in [0.25, 0.3) is 0 Å². The van der Waals surface area contributed by atoms with Gasteiger partial charge in [-0.15, -0.1) is 11.3 Å². The van der Waals surface area contributed by atoms with E-state index in [-0.39, 0.29) is 5.54 Å². The van der Waals surface area contributed by atoms with E-state index >= 15 is 0 Å². The Morgan fingerprint density at radius 2 is 1.79 bits per heavy atom. The van der Waals surface area contributed by atoms with Crippen molar-refractivity contribution in [2.75, 3.05) is 41.7 Å². The van der Waals surface area contributed by atoms with Crippen molar-refractivity contribution in [2.45, 2.75) is 25.8 Å². The lowest BCUT2D eigenvalue weighted by Gasteiger charge is -2.29. The molecular weight excluding hydrogens is 432 g/mol. The van der Waals surface area contributed by atoms with Crippen molar-refractivity contribution in [3.05, 3.63) is 59.6 Å². The Kier molecular flexibility index (Phi) is 6.06. The molecule has 0 atom stereocenters. The van der Waals surface area contributed by atoms with E-state index in [1.165, 1.54) is 5.56 Å². The molecule has 0 unspecified atom stereocenters. The first-order valence-corrected chi connectivity index (χ1v) is 12.1. The van der Waals surface area contributed by atoms with Gasteiger partial charge in [-0.05, 0) is 44.0 Å². The van der Waals surface area contributed by atoms with Crippen LogP contribution in [0.15, 0.2) is 54.0 Å². The topological polar surface area (TPSA) is 90.9 Å². The van der Waals surface area contributed by atoms with Gasteiger partial charge in [-0.1, -0.05) is 30.3 Å². The highest BCUT2D eigenvalue weighted by molar-refractivity contribution is 7.16. The second-order valence-electron chi connectivity index (χ2n) is 8.85. The molecule has 0 amide bonds. The number of anilines is 4. The van der Waals surface area contributed by atoms with Gasteiger partial charge in [-0.25, -0.2) is 4.98 Å². The van der Waals surface area contributed by atoms with Crippen LogP contribution in [0.25, 0.3) is 10.2 Å². The largest absolute Gasteiger partial charge is 0.349 e. The fourth-order valence-corrected chi connectivity index (χ4v) is 4.71. The van der Waals surface area contributed by atoms with Crippen molar-refractivity contribution in [2.24, 2.45) is 0 Å². The molecule has 9 heteroatoms. The van der Waals surface area contributed by atoms with E-state index in [4.69, 9.17) is 15.0 Å². The second kappa shape index (κ2) is 9.29. The Morgan fingerprint density at radius 1 is 1.00 bits per heavy atom. The van der Waals surface area contributed by atoms with Crippen LogP contribution in [-0.4, -0.2) is 51.7 Å². The Labute approximate surface area is 197 Å². The molecule has 1 aliphatic heterocycles. The molecule has 2 aromatic carbocycles. The lowest BCUT2D eigenvalue weighted by atomic mass is 9.95. The SMILES string of the molecule is CC(C)(Cc1ccccc1)Nc1nc(Nc2ccc3ncsc3c2)nc(N2CCNCC2)n1. The van der Waals surface area contributed by atoms with Crippen LogP contribution in [0.4, 0.5) is 23.5 Å². The molecule has 0 spiro atoms. The third kappa shape index (κ3) is 5.37. The van der Waals surface area contributed by atoms with E-state index in [9.17, 15) is 0 Å². The summed E-state index contributed by atoms with van der Waals surface area (Å²) in [7, 11) is 0. The van der Waals surface area contributed by atoms with Crippen LogP contribution < -0.4 is 20.9 Å². The average molecular weight is 461 g/mol. The number of hydrogen-bond donors (Lipinski definition) is 3. The highest BCUT2D eigenvalue weighted by atomic mass is 32.1. The second-order valence-corrected chi connectivity index (χ2v) is 9.74. The standard InChI is InChI=1S/C24H28N8S/c1-24(2,15-17-6-4-3-5-7-17)31-22-28-21(29-23(30-22)32-12-10-25-11-13-32)27-18-8-9-19-20(14-18)33-16-26-19/h3-9,14,16,25H,10-13,15H2,1-2H3,(H2,27,28,29,30,31). The minimum atomic E-state index is -0.234. The lowest BCUT2D eigenvalue weighted by Crippen LogP contribution is -2.44. The summed E-state index contributed by atoms with van der Waals surface area (Å²) in [6, 6.07) is 16.6. The maximum Gasteiger partial charge on any atom is 0.233 e. The molecule has 0 saturated carbocycles. The van der Waals surface area contributed by atoms with Gasteiger partial charge in [0.2, 0.25) is 17.8 Å². The molecule has 33 heavy (non-hydrogen) atoms. The maximum absolute atomic E-state index is 4.78. The number of nitrogens with one attached hydrogen (secondary N) is 3. The van der Waals surface area contributed by atoms with Gasteiger partial charge in [0.1, 0.15) is 0 Å². The fraction of sp³-hybridized carbons (Fsp3) is 0.333. The number of aromatic nitrogens is 4. The molecule has 4 aromatic rings. The maximum atomic E-state index is 4.78. The normalized spacial score (nSPS) is 14.4. The predicted octanol–water partition coefficient (Wildman–Crippen LogP) is 4.07. The van der Waals surface area contributed by atoms with E-state index in [0.29, 0.717) is 17.8 Å². The summed E-state index contributed by atoms with van der Waals surface area (Å²) in [4.78, 5) is 20.8. The van der Waals surface area contributed by atoms with Crippen LogP contribution >= 0.6 is 11.3 Å². The van der Waals surface area contributed by atoms with Crippen molar-refractivity contribution in [1.82, 2.24) is 25.3 Å². The van der Waals surface area contributed by atoms with Gasteiger partial charge in [0.05, 0.1) is 15.7 Å². The molecule has 3 N–H and O–H groups in total. The van der Waals surface area contributed by atoms with E-state index in [1.54, 1.807) is 11.3 Å². The molecule has 1 fully saturated rings. The fourth-order valence-electron chi connectivity index (χ4n) is 4.00. The zero-order chi connectivity index (χ0) is 22.7. The molecule has 8 nitrogen and oxygen atoms in total. The first-order chi connectivity index (χ1) is 16.0. The minimum Gasteiger partial charge on any atom is -0.349 e. The number of hydrogen-bond acceptors (Lipinski definition) is 9. The van der Waals surface area contributed by atoms with E-state index < -0.39 is 0 Å². The number of piperazine rings is 1. The van der Waals surface area contributed by atoms with Crippen LogP contribution in [-0.2, 0) is 6.42 Å². The van der Waals surface area contributed by atoms with E-state index in [0.717, 1.165) is 48.5 Å². The lowest BCUT2D eigenvalue weighted by molar-refractivity contribution is 0.555. The highest BCUT2D eigenvalue weighted by Crippen LogP contribution is 2.25.